The van der Waals surface area contributed by atoms with Gasteiger partial charge in [-0.25, -0.2) is 4.79 Å². The van der Waals surface area contributed by atoms with Crippen LogP contribution >= 0.6 is 0 Å². The SMILES string of the molecule is CC(C)(C)c1ccc(Cn2ccc3oc(=O)[nH]c3c2=O)cc1. The molecule has 2 aromatic heterocycles. The summed E-state index contributed by atoms with van der Waals surface area (Å²) >= 11 is 0. The predicted octanol–water partition coefficient (Wildman–Crippen LogP) is 2.63. The Bertz CT molecular complexity index is 921. The zero-order valence-electron chi connectivity index (χ0n) is 12.8. The summed E-state index contributed by atoms with van der Waals surface area (Å²) in [6.45, 7) is 6.94. The van der Waals surface area contributed by atoms with Gasteiger partial charge in [-0.05, 0) is 22.6 Å². The lowest BCUT2D eigenvalue weighted by Crippen LogP contribution is -2.20. The maximum Gasteiger partial charge on any atom is 0.417 e. The molecule has 2 heterocycles. The summed E-state index contributed by atoms with van der Waals surface area (Å²) in [6.07, 6.45) is 1.64. The van der Waals surface area contributed by atoms with Crippen molar-refractivity contribution in [2.24, 2.45) is 0 Å². The number of fused-ring (bicyclic) bond motifs is 1. The molecule has 3 rings (SSSR count). The van der Waals surface area contributed by atoms with Crippen LogP contribution in [0.25, 0.3) is 11.1 Å². The summed E-state index contributed by atoms with van der Waals surface area (Å²) in [7, 11) is 0. The molecule has 114 valence electrons. The van der Waals surface area contributed by atoms with E-state index in [2.05, 4.69) is 37.9 Å². The Labute approximate surface area is 127 Å². The highest BCUT2D eigenvalue weighted by Crippen LogP contribution is 2.22. The third kappa shape index (κ3) is 2.62. The number of hydrogen-bond donors (Lipinski definition) is 1. The van der Waals surface area contributed by atoms with Gasteiger partial charge in [-0.2, -0.15) is 0 Å². The smallest absolute Gasteiger partial charge is 0.408 e. The summed E-state index contributed by atoms with van der Waals surface area (Å²) in [4.78, 5) is 25.9. The largest absolute Gasteiger partial charge is 0.417 e. The molecule has 0 spiro atoms. The maximum atomic E-state index is 12.3. The van der Waals surface area contributed by atoms with Gasteiger partial charge in [0.05, 0.1) is 6.54 Å². The number of nitrogens with zero attached hydrogens (tertiary/aromatic N) is 1. The van der Waals surface area contributed by atoms with Crippen LogP contribution in [0.3, 0.4) is 0 Å². The molecule has 0 aliphatic rings. The minimum absolute atomic E-state index is 0.102. The first-order valence-electron chi connectivity index (χ1n) is 7.16. The van der Waals surface area contributed by atoms with Crippen LogP contribution in [0, 0.1) is 0 Å². The molecule has 5 heteroatoms. The number of H-pyrrole nitrogens is 1. The number of rotatable bonds is 2. The average molecular weight is 298 g/mol. The highest BCUT2D eigenvalue weighted by molar-refractivity contribution is 5.70. The van der Waals surface area contributed by atoms with Crippen LogP contribution < -0.4 is 11.3 Å². The summed E-state index contributed by atoms with van der Waals surface area (Å²) < 4.78 is 6.44. The first-order valence-corrected chi connectivity index (χ1v) is 7.16. The molecule has 0 unspecified atom stereocenters. The van der Waals surface area contributed by atoms with E-state index in [1.807, 2.05) is 12.1 Å². The van der Waals surface area contributed by atoms with Crippen LogP contribution in [0.1, 0.15) is 31.9 Å². The van der Waals surface area contributed by atoms with Crippen molar-refractivity contribution < 1.29 is 4.42 Å². The maximum absolute atomic E-state index is 12.3. The second-order valence-corrected chi connectivity index (χ2v) is 6.45. The van der Waals surface area contributed by atoms with Crippen LogP contribution in [0.15, 0.2) is 50.5 Å². The Morgan fingerprint density at radius 3 is 2.41 bits per heavy atom. The fraction of sp³-hybridized carbons (Fsp3) is 0.294. The van der Waals surface area contributed by atoms with Gasteiger partial charge in [-0.15, -0.1) is 0 Å². The van der Waals surface area contributed by atoms with Gasteiger partial charge < -0.3 is 8.98 Å². The number of benzene rings is 1. The average Bonchev–Trinajstić information content (AvgIpc) is 2.83. The number of hydrogen-bond acceptors (Lipinski definition) is 3. The highest BCUT2D eigenvalue weighted by atomic mass is 16.4. The molecule has 5 nitrogen and oxygen atoms in total. The zero-order chi connectivity index (χ0) is 15.9. The Morgan fingerprint density at radius 1 is 1.09 bits per heavy atom. The van der Waals surface area contributed by atoms with Crippen molar-refractivity contribution in [3.63, 3.8) is 0 Å². The van der Waals surface area contributed by atoms with E-state index >= 15 is 0 Å². The molecule has 0 saturated heterocycles. The Morgan fingerprint density at radius 2 is 1.77 bits per heavy atom. The van der Waals surface area contributed by atoms with Crippen molar-refractivity contribution in [2.45, 2.75) is 32.7 Å². The number of pyridine rings is 1. The highest BCUT2D eigenvalue weighted by Gasteiger charge is 2.13. The van der Waals surface area contributed by atoms with Gasteiger partial charge in [0.1, 0.15) is 0 Å². The van der Waals surface area contributed by atoms with Crippen molar-refractivity contribution >= 4 is 11.1 Å². The van der Waals surface area contributed by atoms with Gasteiger partial charge in [0.15, 0.2) is 11.1 Å². The Hall–Kier alpha value is -2.56. The molecule has 3 aromatic rings. The van der Waals surface area contributed by atoms with Crippen LogP contribution in [0.4, 0.5) is 0 Å². The van der Waals surface area contributed by atoms with Crippen molar-refractivity contribution in [3.05, 3.63) is 68.6 Å². The van der Waals surface area contributed by atoms with Gasteiger partial charge in [-0.3, -0.25) is 9.78 Å². The molecule has 0 saturated carbocycles. The molecule has 0 radical (unpaired) electrons. The molecule has 0 bridgehead atoms. The topological polar surface area (TPSA) is 68.0 Å². The molecule has 1 N–H and O–H groups in total. The molecular formula is C17H18N2O3. The molecule has 1 aromatic carbocycles. The first kappa shape index (κ1) is 14.4. The lowest BCUT2D eigenvalue weighted by molar-refractivity contribution is 0.555. The van der Waals surface area contributed by atoms with E-state index in [-0.39, 0.29) is 22.1 Å². The van der Waals surface area contributed by atoms with E-state index < -0.39 is 5.76 Å². The molecule has 22 heavy (non-hydrogen) atoms. The fourth-order valence-electron chi connectivity index (χ4n) is 2.42. The van der Waals surface area contributed by atoms with Crippen LogP contribution in [0.5, 0.6) is 0 Å². The van der Waals surface area contributed by atoms with Crippen LogP contribution in [-0.4, -0.2) is 9.55 Å². The standard InChI is InChI=1S/C17H18N2O3/c1-17(2,3)12-6-4-11(5-7-12)10-19-9-8-13-14(15(19)20)18-16(21)22-13/h4-9H,10H2,1-3H3,(H,18,21). The normalized spacial score (nSPS) is 12.0. The van der Waals surface area contributed by atoms with Crippen molar-refractivity contribution in [1.29, 1.82) is 0 Å². The lowest BCUT2D eigenvalue weighted by atomic mass is 9.87. The number of oxazole rings is 1. The van der Waals surface area contributed by atoms with Gasteiger partial charge in [-0.1, -0.05) is 45.0 Å². The molecule has 0 amide bonds. The number of aromatic amines is 1. The zero-order valence-corrected chi connectivity index (χ0v) is 12.8. The minimum Gasteiger partial charge on any atom is -0.408 e. The van der Waals surface area contributed by atoms with E-state index in [0.29, 0.717) is 6.54 Å². The van der Waals surface area contributed by atoms with Crippen molar-refractivity contribution in [3.8, 4) is 0 Å². The molecule has 0 atom stereocenters. The summed E-state index contributed by atoms with van der Waals surface area (Å²) in [6, 6.07) is 9.83. The monoisotopic (exact) mass is 298 g/mol. The summed E-state index contributed by atoms with van der Waals surface area (Å²) in [5.41, 5.74) is 2.61. The van der Waals surface area contributed by atoms with Crippen LogP contribution in [0.2, 0.25) is 0 Å². The van der Waals surface area contributed by atoms with Crippen molar-refractivity contribution in [2.75, 3.05) is 0 Å². The van der Waals surface area contributed by atoms with E-state index in [0.717, 1.165) is 5.56 Å². The molecular weight excluding hydrogens is 280 g/mol. The van der Waals surface area contributed by atoms with E-state index in [4.69, 9.17) is 4.42 Å². The molecule has 0 fully saturated rings. The minimum atomic E-state index is -0.612. The molecule has 0 aliphatic carbocycles. The fourth-order valence-corrected chi connectivity index (χ4v) is 2.42. The summed E-state index contributed by atoms with van der Waals surface area (Å²) in [5, 5.41) is 0. The third-order valence-electron chi connectivity index (χ3n) is 3.73. The number of aromatic nitrogens is 2. The third-order valence-corrected chi connectivity index (χ3v) is 3.73. The predicted molar refractivity (Wildman–Crippen MR) is 85.3 cm³/mol. The Kier molecular flexibility index (Phi) is 3.28. The van der Waals surface area contributed by atoms with Gasteiger partial charge in [0.25, 0.3) is 5.56 Å². The Balaban J connectivity index is 1.95. The van der Waals surface area contributed by atoms with E-state index in [1.165, 1.54) is 5.56 Å². The van der Waals surface area contributed by atoms with Gasteiger partial charge in [0, 0.05) is 6.20 Å². The van der Waals surface area contributed by atoms with Gasteiger partial charge in [0.2, 0.25) is 0 Å². The first-order chi connectivity index (χ1) is 10.3. The number of nitrogens with one attached hydrogen (secondary N) is 1. The van der Waals surface area contributed by atoms with Crippen LogP contribution in [-0.2, 0) is 12.0 Å². The van der Waals surface area contributed by atoms with Crippen molar-refractivity contribution in [1.82, 2.24) is 9.55 Å². The summed E-state index contributed by atoms with van der Waals surface area (Å²) in [5.74, 6) is -0.612. The quantitative estimate of drug-likeness (QED) is 0.790. The van der Waals surface area contributed by atoms with E-state index in [9.17, 15) is 9.59 Å². The second-order valence-electron chi connectivity index (χ2n) is 6.45. The van der Waals surface area contributed by atoms with E-state index in [1.54, 1.807) is 16.8 Å². The second kappa shape index (κ2) is 5.02. The van der Waals surface area contributed by atoms with Gasteiger partial charge >= 0.3 is 5.76 Å². The molecule has 0 aliphatic heterocycles. The lowest BCUT2D eigenvalue weighted by Gasteiger charge is -2.19.